The standard InChI is InChI=1S/C15H22N2O2/c1-2-19-14-6-4-3-5-12(14)15(18)13-11-16-7-9-17(13)10-8-16/h3-6,13,15,18H,2,7-11H2,1H3. The van der Waals surface area contributed by atoms with Crippen molar-refractivity contribution in [1.29, 1.82) is 0 Å². The van der Waals surface area contributed by atoms with Gasteiger partial charge < -0.3 is 9.84 Å². The van der Waals surface area contributed by atoms with Crippen molar-refractivity contribution in [3.05, 3.63) is 29.8 Å². The van der Waals surface area contributed by atoms with E-state index in [-0.39, 0.29) is 6.04 Å². The number of hydrogen-bond donors (Lipinski definition) is 1. The van der Waals surface area contributed by atoms with Gasteiger partial charge in [-0.2, -0.15) is 0 Å². The van der Waals surface area contributed by atoms with Crippen LogP contribution in [0.5, 0.6) is 5.75 Å². The first-order valence-electron chi connectivity index (χ1n) is 7.16. The quantitative estimate of drug-likeness (QED) is 0.882. The molecule has 2 atom stereocenters. The van der Waals surface area contributed by atoms with Crippen LogP contribution in [-0.2, 0) is 0 Å². The monoisotopic (exact) mass is 262 g/mol. The predicted molar refractivity (Wildman–Crippen MR) is 74.4 cm³/mol. The van der Waals surface area contributed by atoms with Crippen LogP contribution < -0.4 is 4.74 Å². The highest BCUT2D eigenvalue weighted by atomic mass is 16.5. The molecule has 3 heterocycles. The fraction of sp³-hybridized carbons (Fsp3) is 0.600. The van der Waals surface area contributed by atoms with Gasteiger partial charge in [-0.3, -0.25) is 9.80 Å². The van der Waals surface area contributed by atoms with Crippen LogP contribution in [0.15, 0.2) is 24.3 Å². The molecule has 0 aliphatic carbocycles. The highest BCUT2D eigenvalue weighted by molar-refractivity contribution is 5.36. The minimum atomic E-state index is -0.467. The van der Waals surface area contributed by atoms with Gasteiger partial charge in [0, 0.05) is 38.3 Å². The molecule has 0 saturated carbocycles. The van der Waals surface area contributed by atoms with E-state index in [1.54, 1.807) is 0 Å². The first-order valence-corrected chi connectivity index (χ1v) is 7.16. The van der Waals surface area contributed by atoms with E-state index >= 15 is 0 Å². The predicted octanol–water partition coefficient (Wildman–Crippen LogP) is 1.12. The van der Waals surface area contributed by atoms with Crippen molar-refractivity contribution in [1.82, 2.24) is 9.80 Å². The van der Waals surface area contributed by atoms with Crippen LogP contribution >= 0.6 is 0 Å². The van der Waals surface area contributed by atoms with E-state index in [1.165, 1.54) is 0 Å². The maximum absolute atomic E-state index is 10.7. The molecule has 4 nitrogen and oxygen atoms in total. The highest BCUT2D eigenvalue weighted by Gasteiger charge is 2.37. The molecular formula is C15H22N2O2. The molecule has 1 aromatic rings. The molecule has 2 bridgehead atoms. The van der Waals surface area contributed by atoms with Crippen LogP contribution in [0.4, 0.5) is 0 Å². The molecule has 0 spiro atoms. The Balaban J connectivity index is 1.81. The van der Waals surface area contributed by atoms with Crippen molar-refractivity contribution < 1.29 is 9.84 Å². The third kappa shape index (κ3) is 2.48. The summed E-state index contributed by atoms with van der Waals surface area (Å²) in [5, 5.41) is 10.7. The molecule has 1 N–H and O–H groups in total. The van der Waals surface area contributed by atoms with Crippen molar-refractivity contribution in [2.24, 2.45) is 0 Å². The summed E-state index contributed by atoms with van der Waals surface area (Å²) in [4.78, 5) is 4.85. The van der Waals surface area contributed by atoms with Gasteiger partial charge in [0.05, 0.1) is 18.8 Å². The minimum Gasteiger partial charge on any atom is -0.493 e. The lowest BCUT2D eigenvalue weighted by Crippen LogP contribution is -2.62. The number of ether oxygens (including phenoxy) is 1. The summed E-state index contributed by atoms with van der Waals surface area (Å²) in [6.45, 7) is 7.97. The van der Waals surface area contributed by atoms with Gasteiger partial charge in [-0.05, 0) is 13.0 Å². The van der Waals surface area contributed by atoms with Crippen LogP contribution in [-0.4, -0.2) is 60.3 Å². The normalized spacial score (nSPS) is 31.2. The first kappa shape index (κ1) is 12.9. The number of aliphatic hydroxyl groups is 1. The van der Waals surface area contributed by atoms with E-state index < -0.39 is 6.10 Å². The van der Waals surface area contributed by atoms with Crippen LogP contribution in [0.1, 0.15) is 18.6 Å². The molecule has 3 aliphatic rings. The number of hydrogen-bond acceptors (Lipinski definition) is 4. The van der Waals surface area contributed by atoms with Crippen LogP contribution in [0.25, 0.3) is 0 Å². The average Bonchev–Trinajstić information content (AvgIpc) is 2.48. The Kier molecular flexibility index (Phi) is 3.73. The van der Waals surface area contributed by atoms with E-state index in [0.717, 1.165) is 44.0 Å². The lowest BCUT2D eigenvalue weighted by atomic mass is 9.96. The van der Waals surface area contributed by atoms with Crippen molar-refractivity contribution in [3.8, 4) is 5.75 Å². The van der Waals surface area contributed by atoms with Crippen molar-refractivity contribution in [2.75, 3.05) is 39.3 Å². The molecule has 0 amide bonds. The van der Waals surface area contributed by atoms with Crippen molar-refractivity contribution >= 4 is 0 Å². The molecule has 4 heteroatoms. The second-order valence-electron chi connectivity index (χ2n) is 5.32. The average molecular weight is 262 g/mol. The van der Waals surface area contributed by atoms with E-state index in [1.807, 2.05) is 31.2 Å². The third-order valence-electron chi connectivity index (χ3n) is 4.22. The van der Waals surface area contributed by atoms with E-state index in [9.17, 15) is 5.11 Å². The maximum Gasteiger partial charge on any atom is 0.125 e. The molecule has 1 aromatic carbocycles. The molecule has 0 radical (unpaired) electrons. The van der Waals surface area contributed by atoms with Gasteiger partial charge in [0.25, 0.3) is 0 Å². The molecule has 3 saturated heterocycles. The Bertz CT molecular complexity index is 430. The number of fused-ring (bicyclic) bond motifs is 3. The summed E-state index contributed by atoms with van der Waals surface area (Å²) in [6, 6.07) is 8.05. The van der Waals surface area contributed by atoms with Gasteiger partial charge in [0.15, 0.2) is 0 Å². The number of piperazine rings is 3. The van der Waals surface area contributed by atoms with Gasteiger partial charge in [0.1, 0.15) is 5.75 Å². The Morgan fingerprint density at radius 2 is 2.00 bits per heavy atom. The largest absolute Gasteiger partial charge is 0.493 e. The number of nitrogens with zero attached hydrogens (tertiary/aromatic N) is 2. The number of para-hydroxylation sites is 1. The molecule has 19 heavy (non-hydrogen) atoms. The zero-order valence-electron chi connectivity index (χ0n) is 11.5. The van der Waals surface area contributed by atoms with Crippen molar-refractivity contribution in [3.63, 3.8) is 0 Å². The second-order valence-corrected chi connectivity index (χ2v) is 5.32. The fourth-order valence-electron chi connectivity index (χ4n) is 3.18. The minimum absolute atomic E-state index is 0.198. The summed E-state index contributed by atoms with van der Waals surface area (Å²) >= 11 is 0. The fourth-order valence-corrected chi connectivity index (χ4v) is 3.18. The van der Waals surface area contributed by atoms with Gasteiger partial charge >= 0.3 is 0 Å². The second kappa shape index (κ2) is 5.49. The number of rotatable bonds is 4. The maximum atomic E-state index is 10.7. The van der Waals surface area contributed by atoms with Crippen LogP contribution in [0.3, 0.4) is 0 Å². The lowest BCUT2D eigenvalue weighted by Gasteiger charge is -2.49. The Hall–Kier alpha value is -1.10. The van der Waals surface area contributed by atoms with Crippen LogP contribution in [0.2, 0.25) is 0 Å². The molecule has 104 valence electrons. The van der Waals surface area contributed by atoms with E-state index in [0.29, 0.717) is 6.61 Å². The van der Waals surface area contributed by atoms with Gasteiger partial charge in [-0.1, -0.05) is 18.2 Å². The zero-order chi connectivity index (χ0) is 13.2. The third-order valence-corrected chi connectivity index (χ3v) is 4.22. The first-order chi connectivity index (χ1) is 9.29. The zero-order valence-corrected chi connectivity index (χ0v) is 11.5. The summed E-state index contributed by atoms with van der Waals surface area (Å²) in [6.07, 6.45) is -0.467. The molecule has 4 rings (SSSR count). The number of aliphatic hydroxyl groups excluding tert-OH is 1. The Labute approximate surface area is 114 Å². The van der Waals surface area contributed by atoms with E-state index in [4.69, 9.17) is 4.74 Å². The molecule has 3 fully saturated rings. The topological polar surface area (TPSA) is 35.9 Å². The van der Waals surface area contributed by atoms with Crippen LogP contribution in [0, 0.1) is 0 Å². The SMILES string of the molecule is CCOc1ccccc1C(O)C1CN2CCN1CC2. The van der Waals surface area contributed by atoms with E-state index in [2.05, 4.69) is 9.80 Å². The Morgan fingerprint density at radius 3 is 2.63 bits per heavy atom. The summed E-state index contributed by atoms with van der Waals surface area (Å²) in [5.41, 5.74) is 0.920. The van der Waals surface area contributed by atoms with Gasteiger partial charge in [-0.15, -0.1) is 0 Å². The summed E-state index contributed by atoms with van der Waals surface area (Å²) in [5.74, 6) is 0.815. The van der Waals surface area contributed by atoms with Crippen molar-refractivity contribution in [2.45, 2.75) is 19.1 Å². The van der Waals surface area contributed by atoms with Gasteiger partial charge in [-0.25, -0.2) is 0 Å². The Morgan fingerprint density at radius 1 is 1.26 bits per heavy atom. The molecule has 0 aromatic heterocycles. The summed E-state index contributed by atoms with van der Waals surface area (Å²) in [7, 11) is 0. The smallest absolute Gasteiger partial charge is 0.125 e. The molecule has 3 aliphatic heterocycles. The molecule has 2 unspecified atom stereocenters. The van der Waals surface area contributed by atoms with Gasteiger partial charge in [0.2, 0.25) is 0 Å². The molecular weight excluding hydrogens is 240 g/mol. The number of benzene rings is 1. The lowest BCUT2D eigenvalue weighted by molar-refractivity contribution is -0.0476. The highest BCUT2D eigenvalue weighted by Crippen LogP contribution is 2.32. The summed E-state index contributed by atoms with van der Waals surface area (Å²) < 4.78 is 5.64.